The molecule has 0 saturated heterocycles. The van der Waals surface area contributed by atoms with E-state index in [1.807, 2.05) is 24.3 Å². The monoisotopic (exact) mass is 447 g/mol. The van der Waals surface area contributed by atoms with E-state index in [0.29, 0.717) is 0 Å². The molecule has 0 saturated carbocycles. The zero-order valence-corrected chi connectivity index (χ0v) is 18.0. The second kappa shape index (κ2) is 8.50. The molecule has 1 amide bonds. The highest BCUT2D eigenvalue weighted by Crippen LogP contribution is 2.26. The SMILES string of the molecule is C[C@@](CCn1ccc(-c2ccc(-c3cncs3)cc2)cc1=O)(C(=O)NO)S(C)(=O)=O. The Hall–Kier alpha value is -2.82. The van der Waals surface area contributed by atoms with Crippen molar-refractivity contribution in [3.8, 4) is 21.6 Å². The van der Waals surface area contributed by atoms with Crippen LogP contribution in [0.4, 0.5) is 0 Å². The first kappa shape index (κ1) is 21.9. The number of benzene rings is 1. The summed E-state index contributed by atoms with van der Waals surface area (Å²) in [4.78, 5) is 29.6. The highest BCUT2D eigenvalue weighted by atomic mass is 32.2. The van der Waals surface area contributed by atoms with E-state index in [-0.39, 0.29) is 18.5 Å². The molecule has 2 N–H and O–H groups in total. The molecule has 0 fully saturated rings. The molecule has 0 aliphatic carbocycles. The highest BCUT2D eigenvalue weighted by molar-refractivity contribution is 7.92. The van der Waals surface area contributed by atoms with Gasteiger partial charge in [-0.1, -0.05) is 24.3 Å². The number of hydrogen-bond acceptors (Lipinski definition) is 7. The highest BCUT2D eigenvalue weighted by Gasteiger charge is 2.43. The molecule has 0 aliphatic heterocycles. The van der Waals surface area contributed by atoms with Crippen LogP contribution in [0.25, 0.3) is 21.6 Å². The molecule has 0 spiro atoms. The first-order valence-corrected chi connectivity index (χ1v) is 11.8. The lowest BCUT2D eigenvalue weighted by molar-refractivity contribution is -0.131. The topological polar surface area (TPSA) is 118 Å². The minimum atomic E-state index is -3.82. The number of hydrogen-bond donors (Lipinski definition) is 2. The zero-order chi connectivity index (χ0) is 21.9. The number of nitrogens with one attached hydrogen (secondary N) is 1. The Morgan fingerprint density at radius 1 is 1.20 bits per heavy atom. The van der Waals surface area contributed by atoms with Gasteiger partial charge in [0.25, 0.3) is 11.5 Å². The van der Waals surface area contributed by atoms with Crippen LogP contribution in [0.15, 0.2) is 59.1 Å². The lowest BCUT2D eigenvalue weighted by Crippen LogP contribution is -2.49. The van der Waals surface area contributed by atoms with Gasteiger partial charge in [0.2, 0.25) is 0 Å². The van der Waals surface area contributed by atoms with Crippen LogP contribution in [-0.4, -0.2) is 40.1 Å². The average Bonchev–Trinajstić information content (AvgIpc) is 3.26. The molecule has 0 radical (unpaired) electrons. The third kappa shape index (κ3) is 4.35. The second-order valence-electron chi connectivity index (χ2n) is 7.08. The van der Waals surface area contributed by atoms with Crippen LogP contribution in [0.5, 0.6) is 0 Å². The Labute approximate surface area is 177 Å². The summed E-state index contributed by atoms with van der Waals surface area (Å²) in [5.41, 5.74) is 5.48. The standard InChI is InChI=1S/C20H21N3O5S2/c1-20(19(25)22-26,30(2,27)28)8-10-23-9-7-16(11-18(23)24)14-3-5-15(6-4-14)17-12-21-13-29-17/h3-7,9,11-13,26H,8,10H2,1-2H3,(H,22,25)/t20-/m1/s1. The van der Waals surface area contributed by atoms with E-state index in [2.05, 4.69) is 4.98 Å². The summed E-state index contributed by atoms with van der Waals surface area (Å²) in [6.45, 7) is 1.22. The first-order chi connectivity index (χ1) is 14.2. The number of thiazole rings is 1. The predicted octanol–water partition coefficient (Wildman–Crippen LogP) is 2.34. The van der Waals surface area contributed by atoms with Crippen molar-refractivity contribution in [3.05, 3.63) is 64.7 Å². The maximum absolute atomic E-state index is 12.5. The number of rotatable bonds is 7. The van der Waals surface area contributed by atoms with Crippen LogP contribution >= 0.6 is 11.3 Å². The van der Waals surface area contributed by atoms with Gasteiger partial charge in [-0.2, -0.15) is 0 Å². The van der Waals surface area contributed by atoms with Gasteiger partial charge in [-0.3, -0.25) is 19.8 Å². The third-order valence-electron chi connectivity index (χ3n) is 5.16. The summed E-state index contributed by atoms with van der Waals surface area (Å²) in [6.07, 6.45) is 4.11. The van der Waals surface area contributed by atoms with Gasteiger partial charge in [-0.15, -0.1) is 11.3 Å². The number of hydroxylamine groups is 1. The Morgan fingerprint density at radius 3 is 2.40 bits per heavy atom. The number of sulfone groups is 1. The van der Waals surface area contributed by atoms with E-state index < -0.39 is 20.5 Å². The normalized spacial score (nSPS) is 13.6. The summed E-state index contributed by atoms with van der Waals surface area (Å²) in [5, 5.41) is 8.89. The van der Waals surface area contributed by atoms with Crippen molar-refractivity contribution < 1.29 is 18.4 Å². The van der Waals surface area contributed by atoms with Crippen molar-refractivity contribution in [2.45, 2.75) is 24.6 Å². The molecule has 8 nitrogen and oxygen atoms in total. The lowest BCUT2D eigenvalue weighted by Gasteiger charge is -2.25. The molecule has 0 unspecified atom stereocenters. The predicted molar refractivity (Wildman–Crippen MR) is 115 cm³/mol. The molecule has 1 aromatic carbocycles. The maximum Gasteiger partial charge on any atom is 0.264 e. The molecule has 2 aromatic heterocycles. The minimum Gasteiger partial charge on any atom is -0.315 e. The van der Waals surface area contributed by atoms with Gasteiger partial charge in [0, 0.05) is 31.3 Å². The molecule has 3 aromatic rings. The summed E-state index contributed by atoms with van der Waals surface area (Å²) in [5.74, 6) is -1.03. The lowest BCUT2D eigenvalue weighted by atomic mass is 10.0. The minimum absolute atomic E-state index is 0.000416. The van der Waals surface area contributed by atoms with Crippen LogP contribution in [0, 0.1) is 0 Å². The molecular weight excluding hydrogens is 426 g/mol. The van der Waals surface area contributed by atoms with E-state index >= 15 is 0 Å². The van der Waals surface area contributed by atoms with Crippen molar-refractivity contribution >= 4 is 27.1 Å². The van der Waals surface area contributed by atoms with Crippen LogP contribution < -0.4 is 11.0 Å². The molecule has 30 heavy (non-hydrogen) atoms. The summed E-state index contributed by atoms with van der Waals surface area (Å²) >= 11 is 1.54. The molecule has 2 heterocycles. The summed E-state index contributed by atoms with van der Waals surface area (Å²) in [7, 11) is -3.82. The second-order valence-corrected chi connectivity index (χ2v) is 10.4. The van der Waals surface area contributed by atoms with Gasteiger partial charge in [0.15, 0.2) is 14.6 Å². The molecule has 158 valence electrons. The summed E-state index contributed by atoms with van der Waals surface area (Å²) in [6, 6.07) is 11.0. The number of nitrogens with zero attached hydrogens (tertiary/aromatic N) is 2. The van der Waals surface area contributed by atoms with Crippen LogP contribution in [0.1, 0.15) is 13.3 Å². The van der Waals surface area contributed by atoms with E-state index in [1.165, 1.54) is 23.0 Å². The fourth-order valence-electron chi connectivity index (χ4n) is 2.98. The maximum atomic E-state index is 12.5. The largest absolute Gasteiger partial charge is 0.315 e. The number of carbonyl (C=O) groups is 1. The van der Waals surface area contributed by atoms with E-state index in [9.17, 15) is 18.0 Å². The van der Waals surface area contributed by atoms with Crippen molar-refractivity contribution in [1.82, 2.24) is 15.0 Å². The Bertz CT molecular complexity index is 1200. The fraction of sp³-hybridized carbons (Fsp3) is 0.250. The Balaban J connectivity index is 1.80. The van der Waals surface area contributed by atoms with Crippen LogP contribution in [0.2, 0.25) is 0 Å². The van der Waals surface area contributed by atoms with Gasteiger partial charge in [-0.05, 0) is 36.1 Å². The van der Waals surface area contributed by atoms with E-state index in [1.54, 1.807) is 35.3 Å². The number of aryl methyl sites for hydroxylation is 1. The van der Waals surface area contributed by atoms with Crippen molar-refractivity contribution in [3.63, 3.8) is 0 Å². The van der Waals surface area contributed by atoms with Gasteiger partial charge in [0.1, 0.15) is 0 Å². The summed E-state index contributed by atoms with van der Waals surface area (Å²) < 4.78 is 23.6. The number of amides is 1. The quantitative estimate of drug-likeness (QED) is 0.424. The molecule has 0 bridgehead atoms. The first-order valence-electron chi connectivity index (χ1n) is 8.99. The Morgan fingerprint density at radius 2 is 1.87 bits per heavy atom. The fourth-order valence-corrected chi connectivity index (χ4v) is 4.45. The van der Waals surface area contributed by atoms with Crippen molar-refractivity contribution in [1.29, 1.82) is 0 Å². The van der Waals surface area contributed by atoms with Gasteiger partial charge in [0.05, 0.1) is 10.4 Å². The smallest absolute Gasteiger partial charge is 0.264 e. The third-order valence-corrected chi connectivity index (χ3v) is 8.01. The Kier molecular flexibility index (Phi) is 6.20. The molecule has 1 atom stereocenters. The number of pyridine rings is 1. The molecule has 0 aliphatic rings. The van der Waals surface area contributed by atoms with Gasteiger partial charge >= 0.3 is 0 Å². The van der Waals surface area contributed by atoms with Crippen LogP contribution in [0.3, 0.4) is 0 Å². The number of aromatic nitrogens is 2. The zero-order valence-electron chi connectivity index (χ0n) is 16.4. The number of carbonyl (C=O) groups excluding carboxylic acids is 1. The molecule has 3 rings (SSSR count). The average molecular weight is 448 g/mol. The van der Waals surface area contributed by atoms with Gasteiger partial charge < -0.3 is 4.57 Å². The van der Waals surface area contributed by atoms with Crippen molar-refractivity contribution in [2.24, 2.45) is 0 Å². The van der Waals surface area contributed by atoms with Crippen LogP contribution in [-0.2, 0) is 21.2 Å². The van der Waals surface area contributed by atoms with E-state index in [4.69, 9.17) is 5.21 Å². The van der Waals surface area contributed by atoms with Gasteiger partial charge in [-0.25, -0.2) is 13.9 Å². The van der Waals surface area contributed by atoms with Crippen molar-refractivity contribution in [2.75, 3.05) is 6.26 Å². The van der Waals surface area contributed by atoms with E-state index in [0.717, 1.165) is 27.8 Å². The molecule has 10 heteroatoms. The molecular formula is C20H21N3O5S2.